The molecule has 0 bridgehead atoms. The van der Waals surface area contributed by atoms with Crippen LogP contribution >= 0.6 is 27.3 Å². The van der Waals surface area contributed by atoms with E-state index in [9.17, 15) is 0 Å². The summed E-state index contributed by atoms with van der Waals surface area (Å²) >= 11 is 5.20. The highest BCUT2D eigenvalue weighted by Gasteiger charge is 2.33. The van der Waals surface area contributed by atoms with Gasteiger partial charge in [-0.1, -0.05) is 6.92 Å². The molecule has 1 aromatic rings. The number of nitrogens with zero attached hydrogens (tertiary/aromatic N) is 1. The molecule has 16 heavy (non-hydrogen) atoms. The van der Waals surface area contributed by atoms with Gasteiger partial charge in [-0.2, -0.15) is 0 Å². The van der Waals surface area contributed by atoms with Crippen LogP contribution in [-0.4, -0.2) is 19.0 Å². The van der Waals surface area contributed by atoms with Crippen molar-refractivity contribution in [2.24, 2.45) is 10.9 Å². The lowest BCUT2D eigenvalue weighted by atomic mass is 10.4. The van der Waals surface area contributed by atoms with Gasteiger partial charge in [0.15, 0.2) is 5.96 Å². The van der Waals surface area contributed by atoms with Crippen LogP contribution in [0.25, 0.3) is 0 Å². The Hall–Kier alpha value is -0.550. The zero-order valence-corrected chi connectivity index (χ0v) is 11.9. The molecule has 0 spiro atoms. The fourth-order valence-corrected chi connectivity index (χ4v) is 2.90. The summed E-state index contributed by atoms with van der Waals surface area (Å²) < 4.78 is 1.15. The first-order valence-corrected chi connectivity index (χ1v) is 7.06. The molecule has 5 heteroatoms. The highest BCUT2D eigenvalue weighted by molar-refractivity contribution is 9.10. The van der Waals surface area contributed by atoms with E-state index in [-0.39, 0.29) is 0 Å². The van der Waals surface area contributed by atoms with Crippen molar-refractivity contribution >= 4 is 33.2 Å². The van der Waals surface area contributed by atoms with Crippen molar-refractivity contribution in [1.82, 2.24) is 10.6 Å². The van der Waals surface area contributed by atoms with Crippen LogP contribution in [0.15, 0.2) is 20.9 Å². The van der Waals surface area contributed by atoms with Crippen molar-refractivity contribution in [3.05, 3.63) is 20.8 Å². The number of nitrogens with one attached hydrogen (secondary N) is 2. The summed E-state index contributed by atoms with van der Waals surface area (Å²) in [6.07, 6.45) is 1.26. The van der Waals surface area contributed by atoms with Crippen molar-refractivity contribution in [2.45, 2.75) is 25.9 Å². The van der Waals surface area contributed by atoms with Crippen molar-refractivity contribution in [3.63, 3.8) is 0 Å². The van der Waals surface area contributed by atoms with Gasteiger partial charge in [-0.05, 0) is 34.3 Å². The molecule has 3 nitrogen and oxygen atoms in total. The Balaban J connectivity index is 1.79. The van der Waals surface area contributed by atoms with E-state index in [0.29, 0.717) is 6.04 Å². The van der Waals surface area contributed by atoms with E-state index in [1.807, 2.05) is 7.05 Å². The molecule has 2 N–H and O–H groups in total. The van der Waals surface area contributed by atoms with Gasteiger partial charge in [0.1, 0.15) is 0 Å². The monoisotopic (exact) mass is 301 g/mol. The molecule has 0 aliphatic heterocycles. The van der Waals surface area contributed by atoms with Crippen LogP contribution in [0.4, 0.5) is 0 Å². The number of hydrogen-bond acceptors (Lipinski definition) is 2. The van der Waals surface area contributed by atoms with Gasteiger partial charge >= 0.3 is 0 Å². The molecule has 2 atom stereocenters. The number of rotatable bonds is 3. The Bertz CT molecular complexity index is 388. The van der Waals surface area contributed by atoms with Crippen LogP contribution in [0, 0.1) is 5.92 Å². The second kappa shape index (κ2) is 5.19. The van der Waals surface area contributed by atoms with Gasteiger partial charge in [-0.15, -0.1) is 11.3 Å². The Morgan fingerprint density at radius 2 is 2.44 bits per heavy atom. The molecule has 1 aliphatic rings. The van der Waals surface area contributed by atoms with E-state index in [1.165, 1.54) is 11.3 Å². The summed E-state index contributed by atoms with van der Waals surface area (Å²) in [5.41, 5.74) is 0. The topological polar surface area (TPSA) is 36.4 Å². The molecular formula is C11H16BrN3S. The summed E-state index contributed by atoms with van der Waals surface area (Å²) in [5.74, 6) is 1.69. The summed E-state index contributed by atoms with van der Waals surface area (Å²) in [5, 5.41) is 8.81. The molecule has 0 radical (unpaired) electrons. The van der Waals surface area contributed by atoms with Crippen molar-refractivity contribution in [2.75, 3.05) is 7.05 Å². The van der Waals surface area contributed by atoms with Crippen LogP contribution in [0.2, 0.25) is 0 Å². The van der Waals surface area contributed by atoms with Gasteiger partial charge in [-0.3, -0.25) is 4.99 Å². The minimum absolute atomic E-state index is 0.612. The van der Waals surface area contributed by atoms with Gasteiger partial charge in [-0.25, -0.2) is 0 Å². The summed E-state index contributed by atoms with van der Waals surface area (Å²) in [7, 11) is 1.81. The van der Waals surface area contributed by atoms with Crippen LogP contribution in [0.5, 0.6) is 0 Å². The predicted octanol–water partition coefficient (Wildman–Crippen LogP) is 2.58. The highest BCUT2D eigenvalue weighted by atomic mass is 79.9. The number of aliphatic imine (C=N–C) groups is 1. The van der Waals surface area contributed by atoms with Gasteiger partial charge in [0, 0.05) is 27.8 Å². The number of guanidine groups is 1. The molecule has 2 rings (SSSR count). The zero-order chi connectivity index (χ0) is 11.5. The first-order chi connectivity index (χ1) is 7.69. The normalized spacial score (nSPS) is 24.3. The Kier molecular flexibility index (Phi) is 3.86. The third kappa shape index (κ3) is 3.22. The third-order valence-corrected chi connectivity index (χ3v) is 4.40. The number of hydrogen-bond donors (Lipinski definition) is 2. The van der Waals surface area contributed by atoms with Crippen molar-refractivity contribution in [3.8, 4) is 0 Å². The van der Waals surface area contributed by atoms with Gasteiger partial charge in [0.05, 0.1) is 6.54 Å². The first-order valence-electron chi connectivity index (χ1n) is 5.39. The smallest absolute Gasteiger partial charge is 0.191 e. The fraction of sp³-hybridized carbons (Fsp3) is 0.545. The maximum atomic E-state index is 4.21. The second-order valence-corrected chi connectivity index (χ2v) is 6.03. The molecule has 1 heterocycles. The second-order valence-electron chi connectivity index (χ2n) is 4.12. The molecular weight excluding hydrogens is 286 g/mol. The summed E-state index contributed by atoms with van der Waals surface area (Å²) in [6, 6.07) is 2.74. The fourth-order valence-electron chi connectivity index (χ4n) is 1.51. The average Bonchev–Trinajstić information content (AvgIpc) is 2.78. The highest BCUT2D eigenvalue weighted by Crippen LogP contribution is 2.28. The van der Waals surface area contributed by atoms with Gasteiger partial charge in [0.2, 0.25) is 0 Å². The minimum Gasteiger partial charge on any atom is -0.353 e. The van der Waals surface area contributed by atoms with Crippen molar-refractivity contribution in [1.29, 1.82) is 0 Å². The van der Waals surface area contributed by atoms with Crippen LogP contribution in [-0.2, 0) is 6.54 Å². The molecule has 1 saturated carbocycles. The predicted molar refractivity (Wildman–Crippen MR) is 72.9 cm³/mol. The minimum atomic E-state index is 0.612. The standard InChI is InChI=1S/C11H16BrN3S/c1-7-3-10(7)15-11(13-2)14-5-9-4-8(12)6-16-9/h4,6-7,10H,3,5H2,1-2H3,(H2,13,14,15). The quantitative estimate of drug-likeness (QED) is 0.665. The Labute approximate surface area is 108 Å². The van der Waals surface area contributed by atoms with Gasteiger partial charge in [0.25, 0.3) is 0 Å². The van der Waals surface area contributed by atoms with Gasteiger partial charge < -0.3 is 10.6 Å². The SMILES string of the molecule is CN=C(NCc1cc(Br)cs1)NC1CC1C. The zero-order valence-electron chi connectivity index (χ0n) is 9.46. The lowest BCUT2D eigenvalue weighted by Crippen LogP contribution is -2.38. The number of halogens is 1. The lowest BCUT2D eigenvalue weighted by molar-refractivity contribution is 0.766. The molecule has 1 aliphatic carbocycles. The largest absolute Gasteiger partial charge is 0.353 e. The first kappa shape index (κ1) is 11.9. The van der Waals surface area contributed by atoms with E-state index >= 15 is 0 Å². The molecule has 0 amide bonds. The molecule has 0 aromatic carbocycles. The van der Waals surface area contributed by atoms with E-state index < -0.39 is 0 Å². The third-order valence-electron chi connectivity index (χ3n) is 2.71. The van der Waals surface area contributed by atoms with Crippen LogP contribution in [0.1, 0.15) is 18.2 Å². The molecule has 1 fully saturated rings. The Morgan fingerprint density at radius 3 is 2.94 bits per heavy atom. The summed E-state index contributed by atoms with van der Waals surface area (Å²) in [6.45, 7) is 3.08. The average molecular weight is 302 g/mol. The van der Waals surface area contributed by atoms with E-state index in [0.717, 1.165) is 22.9 Å². The van der Waals surface area contributed by atoms with Crippen molar-refractivity contribution < 1.29 is 0 Å². The number of thiophene rings is 1. The van der Waals surface area contributed by atoms with Crippen LogP contribution < -0.4 is 10.6 Å². The molecule has 88 valence electrons. The summed E-state index contributed by atoms with van der Waals surface area (Å²) in [4.78, 5) is 5.52. The lowest BCUT2D eigenvalue weighted by Gasteiger charge is -2.10. The maximum absolute atomic E-state index is 4.21. The van der Waals surface area contributed by atoms with E-state index in [4.69, 9.17) is 0 Å². The van der Waals surface area contributed by atoms with Crippen LogP contribution in [0.3, 0.4) is 0 Å². The molecule has 0 saturated heterocycles. The van der Waals surface area contributed by atoms with E-state index in [1.54, 1.807) is 11.3 Å². The Morgan fingerprint density at radius 1 is 1.69 bits per heavy atom. The maximum Gasteiger partial charge on any atom is 0.191 e. The molecule has 2 unspecified atom stereocenters. The molecule has 1 aromatic heterocycles. The van der Waals surface area contributed by atoms with E-state index in [2.05, 4.69) is 49.9 Å².